The van der Waals surface area contributed by atoms with E-state index in [1.54, 1.807) is 4.31 Å². The number of hydrogen-bond donors (Lipinski definition) is 0. The van der Waals surface area contributed by atoms with Crippen LogP contribution in [0, 0.1) is 0 Å². The third-order valence-electron chi connectivity index (χ3n) is 6.15. The Bertz CT molecular complexity index is 486. The van der Waals surface area contributed by atoms with Crippen molar-refractivity contribution in [1.82, 2.24) is 4.31 Å². The van der Waals surface area contributed by atoms with E-state index in [9.17, 15) is 8.42 Å². The largest absolute Gasteiger partial charge is 0.331 e. The Hall–Kier alpha value is -0.130. The summed E-state index contributed by atoms with van der Waals surface area (Å²) in [6.45, 7) is 6.78. The standard InChI is InChI=1S/C26H57N2O2S/c1-6-8-10-11-12-13-14-15-16-17-18-19-20-21-26-31(29,30)27(23-9-7-2)24-22-25-28(3,4)5/h6-26H2,1-5H3/q+1. The van der Waals surface area contributed by atoms with Crippen molar-refractivity contribution in [3.05, 3.63) is 0 Å². The fraction of sp³-hybridized carbons (Fsp3) is 1.00. The van der Waals surface area contributed by atoms with Crippen LogP contribution < -0.4 is 0 Å². The lowest BCUT2D eigenvalue weighted by atomic mass is 10.0. The van der Waals surface area contributed by atoms with Gasteiger partial charge in [0.2, 0.25) is 10.0 Å². The van der Waals surface area contributed by atoms with Crippen LogP contribution in [0.4, 0.5) is 0 Å². The molecular weight excluding hydrogens is 404 g/mol. The number of nitrogens with zero attached hydrogens (tertiary/aromatic N) is 2. The minimum atomic E-state index is -3.10. The van der Waals surface area contributed by atoms with E-state index in [1.165, 1.54) is 77.0 Å². The highest BCUT2D eigenvalue weighted by Crippen LogP contribution is 2.14. The first-order valence-electron chi connectivity index (χ1n) is 13.5. The predicted octanol–water partition coefficient (Wildman–Crippen LogP) is 7.00. The van der Waals surface area contributed by atoms with Gasteiger partial charge in [0.15, 0.2) is 0 Å². The molecule has 0 aromatic carbocycles. The molecule has 0 heterocycles. The second-order valence-electron chi connectivity index (χ2n) is 10.5. The molecule has 0 atom stereocenters. The van der Waals surface area contributed by atoms with Crippen molar-refractivity contribution in [3.8, 4) is 0 Å². The quantitative estimate of drug-likeness (QED) is 0.121. The summed E-state index contributed by atoms with van der Waals surface area (Å²) in [6, 6.07) is 0. The minimum absolute atomic E-state index is 0.332. The number of rotatable bonds is 23. The molecule has 188 valence electrons. The van der Waals surface area contributed by atoms with Gasteiger partial charge in [-0.3, -0.25) is 0 Å². The molecule has 0 aromatic heterocycles. The Morgan fingerprint density at radius 1 is 0.548 bits per heavy atom. The molecule has 0 N–H and O–H groups in total. The van der Waals surface area contributed by atoms with E-state index < -0.39 is 10.0 Å². The van der Waals surface area contributed by atoms with E-state index in [2.05, 4.69) is 35.0 Å². The van der Waals surface area contributed by atoms with E-state index in [4.69, 9.17) is 0 Å². The molecule has 0 amide bonds. The number of unbranched alkanes of at least 4 members (excludes halogenated alkanes) is 14. The first-order chi connectivity index (χ1) is 14.7. The molecule has 4 nitrogen and oxygen atoms in total. The summed E-state index contributed by atoms with van der Waals surface area (Å²) < 4.78 is 28.3. The van der Waals surface area contributed by atoms with Crippen molar-refractivity contribution in [3.63, 3.8) is 0 Å². The fourth-order valence-corrected chi connectivity index (χ4v) is 5.70. The molecule has 0 spiro atoms. The zero-order valence-electron chi connectivity index (χ0n) is 22.0. The Kier molecular flexibility index (Phi) is 19.3. The van der Waals surface area contributed by atoms with E-state index >= 15 is 0 Å². The van der Waals surface area contributed by atoms with Gasteiger partial charge in [0.05, 0.1) is 33.4 Å². The highest BCUT2D eigenvalue weighted by atomic mass is 32.2. The molecule has 0 aliphatic carbocycles. The highest BCUT2D eigenvalue weighted by Gasteiger charge is 2.21. The van der Waals surface area contributed by atoms with Crippen molar-refractivity contribution in [2.24, 2.45) is 0 Å². The van der Waals surface area contributed by atoms with Crippen molar-refractivity contribution in [1.29, 1.82) is 0 Å². The lowest BCUT2D eigenvalue weighted by Crippen LogP contribution is -2.40. The summed E-state index contributed by atoms with van der Waals surface area (Å²) >= 11 is 0. The van der Waals surface area contributed by atoms with Crippen LogP contribution >= 0.6 is 0 Å². The molecule has 0 aromatic rings. The van der Waals surface area contributed by atoms with E-state index in [0.717, 1.165) is 43.1 Å². The third kappa shape index (κ3) is 20.2. The maximum absolute atomic E-state index is 12.8. The first kappa shape index (κ1) is 30.9. The maximum atomic E-state index is 12.8. The summed E-state index contributed by atoms with van der Waals surface area (Å²) in [6.07, 6.45) is 21.1. The van der Waals surface area contributed by atoms with Crippen LogP contribution in [0.15, 0.2) is 0 Å². The maximum Gasteiger partial charge on any atom is 0.214 e. The second kappa shape index (κ2) is 19.3. The molecule has 0 saturated heterocycles. The molecule has 31 heavy (non-hydrogen) atoms. The third-order valence-corrected chi connectivity index (χ3v) is 8.10. The van der Waals surface area contributed by atoms with Gasteiger partial charge < -0.3 is 4.48 Å². The zero-order valence-corrected chi connectivity index (χ0v) is 22.8. The van der Waals surface area contributed by atoms with Gasteiger partial charge in [-0.05, 0) is 12.8 Å². The summed E-state index contributed by atoms with van der Waals surface area (Å²) in [5, 5.41) is 0. The lowest BCUT2D eigenvalue weighted by molar-refractivity contribution is -0.870. The van der Waals surface area contributed by atoms with Crippen LogP contribution in [0.5, 0.6) is 0 Å². The van der Waals surface area contributed by atoms with Gasteiger partial charge in [-0.15, -0.1) is 0 Å². The van der Waals surface area contributed by atoms with Gasteiger partial charge in [0, 0.05) is 19.5 Å². The Morgan fingerprint density at radius 2 is 0.935 bits per heavy atom. The van der Waals surface area contributed by atoms with Crippen LogP contribution in [0.3, 0.4) is 0 Å². The Labute approximate surface area is 196 Å². The fourth-order valence-electron chi connectivity index (χ4n) is 4.05. The summed E-state index contributed by atoms with van der Waals surface area (Å²) in [5.41, 5.74) is 0. The second-order valence-corrected chi connectivity index (χ2v) is 12.6. The van der Waals surface area contributed by atoms with Gasteiger partial charge in [-0.1, -0.05) is 104 Å². The van der Waals surface area contributed by atoms with E-state index in [0.29, 0.717) is 18.8 Å². The SMILES string of the molecule is CCCCCCCCCCCCCCCCS(=O)(=O)N(CCCC)CCC[N+](C)(C)C. The van der Waals surface area contributed by atoms with Gasteiger partial charge >= 0.3 is 0 Å². The average molecular weight is 462 g/mol. The summed E-state index contributed by atoms with van der Waals surface area (Å²) in [4.78, 5) is 0. The molecule has 0 bridgehead atoms. The van der Waals surface area contributed by atoms with E-state index in [1.807, 2.05) is 0 Å². The van der Waals surface area contributed by atoms with E-state index in [-0.39, 0.29) is 0 Å². The van der Waals surface area contributed by atoms with Gasteiger partial charge in [-0.2, -0.15) is 0 Å². The van der Waals surface area contributed by atoms with Crippen molar-refractivity contribution in [2.75, 3.05) is 46.5 Å². The first-order valence-corrected chi connectivity index (χ1v) is 15.1. The normalized spacial score (nSPS) is 12.7. The smallest absolute Gasteiger partial charge is 0.214 e. The topological polar surface area (TPSA) is 37.4 Å². The van der Waals surface area contributed by atoms with Crippen LogP contribution in [0.1, 0.15) is 123 Å². The summed E-state index contributed by atoms with van der Waals surface area (Å²) in [5.74, 6) is 0.332. The molecule has 0 fully saturated rings. The van der Waals surface area contributed by atoms with Crippen molar-refractivity contribution < 1.29 is 12.9 Å². The van der Waals surface area contributed by atoms with Crippen molar-refractivity contribution in [2.45, 2.75) is 123 Å². The molecule has 0 unspecified atom stereocenters. The van der Waals surface area contributed by atoms with Crippen LogP contribution in [-0.2, 0) is 10.0 Å². The Balaban J connectivity index is 3.85. The molecule has 0 radical (unpaired) electrons. The molecule has 0 aliphatic rings. The molecule has 0 saturated carbocycles. The number of quaternary nitrogens is 1. The zero-order chi connectivity index (χ0) is 23.4. The monoisotopic (exact) mass is 461 g/mol. The van der Waals surface area contributed by atoms with Crippen LogP contribution in [-0.4, -0.2) is 63.7 Å². The molecular formula is C26H57N2O2S+. The van der Waals surface area contributed by atoms with Gasteiger partial charge in [-0.25, -0.2) is 12.7 Å². The Morgan fingerprint density at radius 3 is 1.35 bits per heavy atom. The average Bonchev–Trinajstić information content (AvgIpc) is 2.69. The highest BCUT2D eigenvalue weighted by molar-refractivity contribution is 7.89. The number of sulfonamides is 1. The van der Waals surface area contributed by atoms with Gasteiger partial charge in [0.25, 0.3) is 0 Å². The molecule has 0 aliphatic heterocycles. The van der Waals surface area contributed by atoms with Crippen LogP contribution in [0.25, 0.3) is 0 Å². The predicted molar refractivity (Wildman–Crippen MR) is 138 cm³/mol. The lowest BCUT2D eigenvalue weighted by Gasteiger charge is -2.26. The summed E-state index contributed by atoms with van der Waals surface area (Å²) in [7, 11) is 3.40. The molecule has 0 rings (SSSR count). The van der Waals surface area contributed by atoms with Crippen LogP contribution in [0.2, 0.25) is 0 Å². The van der Waals surface area contributed by atoms with Crippen molar-refractivity contribution >= 4 is 10.0 Å². The number of hydrogen-bond acceptors (Lipinski definition) is 2. The van der Waals surface area contributed by atoms with Gasteiger partial charge in [0.1, 0.15) is 0 Å². The minimum Gasteiger partial charge on any atom is -0.331 e. The molecule has 5 heteroatoms.